The second-order valence-electron chi connectivity index (χ2n) is 6.35. The fourth-order valence-electron chi connectivity index (χ4n) is 2.44. The topological polar surface area (TPSA) is 93.0 Å². The third-order valence-electron chi connectivity index (χ3n) is 3.31. The van der Waals surface area contributed by atoms with Crippen molar-refractivity contribution in [2.45, 2.75) is 58.2 Å². The summed E-state index contributed by atoms with van der Waals surface area (Å²) in [4.78, 5) is 26.4. The molecule has 8 nitrogen and oxygen atoms in total. The van der Waals surface area contributed by atoms with Gasteiger partial charge in [-0.3, -0.25) is 9.59 Å². The summed E-state index contributed by atoms with van der Waals surface area (Å²) in [6.07, 6.45) is 3.97. The van der Waals surface area contributed by atoms with Crippen molar-refractivity contribution in [3.05, 3.63) is 6.33 Å². The Morgan fingerprint density at radius 2 is 2.10 bits per heavy atom. The van der Waals surface area contributed by atoms with Gasteiger partial charge in [0.15, 0.2) is 0 Å². The number of carbonyl (C=O) groups is 2. The predicted molar refractivity (Wildman–Crippen MR) is 75.1 cm³/mol. The number of carbonyl (C=O) groups excluding carboxylic acids is 2. The van der Waals surface area contributed by atoms with Gasteiger partial charge >= 0.3 is 0 Å². The standard InChI is InChI=1S/C13H22N6O2/c1-13(2,3)15-12(21)10-6-4-5-7-19(10)11(20)8-18-9-14-16-17-18/h9-10H,4-8H2,1-3H3,(H,15,21). The van der Waals surface area contributed by atoms with E-state index in [-0.39, 0.29) is 23.9 Å². The van der Waals surface area contributed by atoms with Crippen LogP contribution < -0.4 is 5.32 Å². The predicted octanol–water partition coefficient (Wildman–Crippen LogP) is -0.0311. The highest BCUT2D eigenvalue weighted by atomic mass is 16.2. The fourth-order valence-corrected chi connectivity index (χ4v) is 2.44. The number of nitrogens with zero attached hydrogens (tertiary/aromatic N) is 5. The first-order chi connectivity index (χ1) is 9.87. The number of piperidine rings is 1. The first-order valence-electron chi connectivity index (χ1n) is 7.19. The summed E-state index contributed by atoms with van der Waals surface area (Å²) in [5.74, 6) is -0.219. The van der Waals surface area contributed by atoms with Gasteiger partial charge in [-0.25, -0.2) is 4.68 Å². The summed E-state index contributed by atoms with van der Waals surface area (Å²) in [6, 6.07) is -0.401. The summed E-state index contributed by atoms with van der Waals surface area (Å²) in [5, 5.41) is 13.7. The van der Waals surface area contributed by atoms with Crippen molar-refractivity contribution in [1.29, 1.82) is 0 Å². The lowest BCUT2D eigenvalue weighted by Crippen LogP contribution is -2.56. The van der Waals surface area contributed by atoms with Gasteiger partial charge in [0.2, 0.25) is 11.8 Å². The molecule has 1 unspecified atom stereocenters. The van der Waals surface area contributed by atoms with Crippen LogP contribution in [0, 0.1) is 0 Å². The van der Waals surface area contributed by atoms with Crippen LogP contribution in [0.25, 0.3) is 0 Å². The Morgan fingerprint density at radius 1 is 1.33 bits per heavy atom. The quantitative estimate of drug-likeness (QED) is 0.845. The molecule has 1 aromatic heterocycles. The van der Waals surface area contributed by atoms with E-state index in [1.165, 1.54) is 11.0 Å². The summed E-state index contributed by atoms with van der Waals surface area (Å²) >= 11 is 0. The molecule has 2 amide bonds. The van der Waals surface area contributed by atoms with E-state index in [0.29, 0.717) is 13.0 Å². The van der Waals surface area contributed by atoms with Crippen LogP contribution in [-0.2, 0) is 16.1 Å². The van der Waals surface area contributed by atoms with E-state index in [9.17, 15) is 9.59 Å². The summed E-state index contributed by atoms with van der Waals surface area (Å²) in [5.41, 5.74) is -0.306. The molecule has 2 rings (SSSR count). The molecule has 1 aliphatic rings. The van der Waals surface area contributed by atoms with Gasteiger partial charge in [0, 0.05) is 12.1 Å². The van der Waals surface area contributed by atoms with Gasteiger partial charge in [-0.05, 0) is 50.5 Å². The highest BCUT2D eigenvalue weighted by Crippen LogP contribution is 2.18. The van der Waals surface area contributed by atoms with E-state index in [4.69, 9.17) is 0 Å². The zero-order valence-electron chi connectivity index (χ0n) is 12.7. The molecule has 0 radical (unpaired) electrons. The maximum absolute atomic E-state index is 12.4. The Balaban J connectivity index is 2.04. The highest BCUT2D eigenvalue weighted by molar-refractivity contribution is 5.88. The molecule has 21 heavy (non-hydrogen) atoms. The summed E-state index contributed by atoms with van der Waals surface area (Å²) in [6.45, 7) is 6.46. The second-order valence-corrected chi connectivity index (χ2v) is 6.35. The van der Waals surface area contributed by atoms with Gasteiger partial charge in [0.25, 0.3) is 0 Å². The van der Waals surface area contributed by atoms with Crippen LogP contribution in [0.15, 0.2) is 6.33 Å². The van der Waals surface area contributed by atoms with Crippen molar-refractivity contribution >= 4 is 11.8 Å². The van der Waals surface area contributed by atoms with E-state index in [0.717, 1.165) is 12.8 Å². The molecule has 0 bridgehead atoms. The normalized spacial score (nSPS) is 19.4. The maximum Gasteiger partial charge on any atom is 0.245 e. The van der Waals surface area contributed by atoms with Gasteiger partial charge in [-0.2, -0.15) is 0 Å². The van der Waals surface area contributed by atoms with Gasteiger partial charge in [-0.1, -0.05) is 0 Å². The van der Waals surface area contributed by atoms with E-state index in [1.54, 1.807) is 4.90 Å². The third-order valence-corrected chi connectivity index (χ3v) is 3.31. The van der Waals surface area contributed by atoms with Crippen LogP contribution >= 0.6 is 0 Å². The molecule has 0 spiro atoms. The van der Waals surface area contributed by atoms with Gasteiger partial charge in [0.1, 0.15) is 18.9 Å². The van der Waals surface area contributed by atoms with Gasteiger partial charge in [0.05, 0.1) is 0 Å². The number of tetrazole rings is 1. The molecular weight excluding hydrogens is 272 g/mol. The molecule has 8 heteroatoms. The lowest BCUT2D eigenvalue weighted by atomic mass is 9.99. The summed E-state index contributed by atoms with van der Waals surface area (Å²) < 4.78 is 1.37. The molecule has 116 valence electrons. The number of nitrogens with one attached hydrogen (secondary N) is 1. The minimum absolute atomic E-state index is 0.0618. The van der Waals surface area contributed by atoms with E-state index < -0.39 is 6.04 Å². The molecule has 1 N–H and O–H groups in total. The van der Waals surface area contributed by atoms with Gasteiger partial charge < -0.3 is 10.2 Å². The zero-order valence-corrected chi connectivity index (χ0v) is 12.7. The van der Waals surface area contributed by atoms with E-state index >= 15 is 0 Å². The summed E-state index contributed by atoms with van der Waals surface area (Å²) in [7, 11) is 0. The Labute approximate surface area is 123 Å². The van der Waals surface area contributed by atoms with E-state index in [1.807, 2.05) is 20.8 Å². The Morgan fingerprint density at radius 3 is 2.71 bits per heavy atom. The lowest BCUT2D eigenvalue weighted by Gasteiger charge is -2.36. The smallest absolute Gasteiger partial charge is 0.245 e. The van der Waals surface area contributed by atoms with Crippen LogP contribution in [0.3, 0.4) is 0 Å². The second kappa shape index (κ2) is 6.19. The number of hydrogen-bond acceptors (Lipinski definition) is 5. The first-order valence-corrected chi connectivity index (χ1v) is 7.19. The molecule has 1 fully saturated rings. The molecule has 0 aliphatic carbocycles. The fraction of sp³-hybridized carbons (Fsp3) is 0.769. The molecule has 1 atom stereocenters. The molecule has 1 aliphatic heterocycles. The molecular formula is C13H22N6O2. The van der Waals surface area contributed by atoms with Crippen molar-refractivity contribution < 1.29 is 9.59 Å². The van der Waals surface area contributed by atoms with Crippen molar-refractivity contribution in [1.82, 2.24) is 30.4 Å². The molecule has 2 heterocycles. The largest absolute Gasteiger partial charge is 0.350 e. The van der Waals surface area contributed by atoms with Crippen molar-refractivity contribution in [2.24, 2.45) is 0 Å². The van der Waals surface area contributed by atoms with Crippen molar-refractivity contribution in [3.8, 4) is 0 Å². The number of rotatable bonds is 3. The van der Waals surface area contributed by atoms with Gasteiger partial charge in [-0.15, -0.1) is 5.10 Å². The Kier molecular flexibility index (Phi) is 4.54. The average Bonchev–Trinajstić information content (AvgIpc) is 2.89. The third kappa shape index (κ3) is 4.24. The number of aromatic nitrogens is 4. The number of likely N-dealkylation sites (tertiary alicyclic amines) is 1. The van der Waals surface area contributed by atoms with Crippen LogP contribution in [0.4, 0.5) is 0 Å². The monoisotopic (exact) mass is 294 g/mol. The van der Waals surface area contributed by atoms with Crippen LogP contribution in [-0.4, -0.2) is 55.0 Å². The first kappa shape index (κ1) is 15.4. The van der Waals surface area contributed by atoms with Crippen LogP contribution in [0.5, 0.6) is 0 Å². The Bertz CT molecular complexity index is 493. The maximum atomic E-state index is 12.4. The average molecular weight is 294 g/mol. The molecule has 1 aromatic rings. The van der Waals surface area contributed by atoms with Crippen LogP contribution in [0.2, 0.25) is 0 Å². The molecule has 0 saturated carbocycles. The van der Waals surface area contributed by atoms with Crippen molar-refractivity contribution in [3.63, 3.8) is 0 Å². The van der Waals surface area contributed by atoms with Crippen LogP contribution in [0.1, 0.15) is 40.0 Å². The SMILES string of the molecule is CC(C)(C)NC(=O)C1CCCCN1C(=O)Cn1cnnn1. The van der Waals surface area contributed by atoms with Crippen molar-refractivity contribution in [2.75, 3.05) is 6.54 Å². The highest BCUT2D eigenvalue weighted by Gasteiger charge is 2.33. The molecule has 1 saturated heterocycles. The minimum atomic E-state index is -0.401. The minimum Gasteiger partial charge on any atom is -0.350 e. The lowest BCUT2D eigenvalue weighted by molar-refractivity contribution is -0.143. The zero-order chi connectivity index (χ0) is 15.5. The number of amides is 2. The molecule has 0 aromatic carbocycles. The Hall–Kier alpha value is -1.99. The number of hydrogen-bond donors (Lipinski definition) is 1. The van der Waals surface area contributed by atoms with E-state index in [2.05, 4.69) is 20.8 Å².